The summed E-state index contributed by atoms with van der Waals surface area (Å²) >= 11 is 8.51. The van der Waals surface area contributed by atoms with Gasteiger partial charge in [-0.15, -0.1) is 0 Å². The molecule has 4 nitrogen and oxygen atoms in total. The highest BCUT2D eigenvalue weighted by Crippen LogP contribution is 2.32. The van der Waals surface area contributed by atoms with Crippen molar-refractivity contribution in [3.05, 3.63) is 26.3 Å². The fraction of sp³-hybridized carbons (Fsp3) is 0.533. The zero-order chi connectivity index (χ0) is 15.8. The minimum Gasteiger partial charge on any atom is -0.275 e. The van der Waals surface area contributed by atoms with Crippen LogP contribution in [0.15, 0.2) is 6.20 Å². The lowest BCUT2D eigenvalue weighted by atomic mass is 9.89. The molecular weight excluding hydrogens is 399 g/mol. The first kappa shape index (κ1) is 16.7. The van der Waals surface area contributed by atoms with E-state index in [2.05, 4.69) is 60.4 Å². The molecule has 2 aromatic rings. The van der Waals surface area contributed by atoms with Crippen molar-refractivity contribution in [2.75, 3.05) is 0 Å². The van der Waals surface area contributed by atoms with Gasteiger partial charge in [-0.05, 0) is 29.0 Å². The Kier molecular flexibility index (Phi) is 4.92. The van der Waals surface area contributed by atoms with Gasteiger partial charge in [0.2, 0.25) is 0 Å². The van der Waals surface area contributed by atoms with Crippen molar-refractivity contribution in [2.24, 2.45) is 7.05 Å². The smallest absolute Gasteiger partial charge is 0.164 e. The SMILES string of the molecule is CCCc1nc(-c2cn(C)nc2C(C)(C)C)nc(Cl)c1I. The van der Waals surface area contributed by atoms with Crippen LogP contribution in [0.4, 0.5) is 0 Å². The van der Waals surface area contributed by atoms with E-state index in [0.29, 0.717) is 11.0 Å². The van der Waals surface area contributed by atoms with Gasteiger partial charge in [0.1, 0.15) is 5.15 Å². The number of halogens is 2. The van der Waals surface area contributed by atoms with Crippen LogP contribution in [0.3, 0.4) is 0 Å². The summed E-state index contributed by atoms with van der Waals surface area (Å²) in [7, 11) is 1.92. The Morgan fingerprint density at radius 3 is 2.52 bits per heavy atom. The van der Waals surface area contributed by atoms with Crippen LogP contribution >= 0.6 is 34.2 Å². The molecule has 114 valence electrons. The zero-order valence-electron chi connectivity index (χ0n) is 13.0. The van der Waals surface area contributed by atoms with Crippen molar-refractivity contribution in [3.8, 4) is 11.4 Å². The van der Waals surface area contributed by atoms with Crippen molar-refractivity contribution in [3.63, 3.8) is 0 Å². The van der Waals surface area contributed by atoms with E-state index < -0.39 is 0 Å². The van der Waals surface area contributed by atoms with Gasteiger partial charge in [-0.25, -0.2) is 9.97 Å². The largest absolute Gasteiger partial charge is 0.275 e. The maximum atomic E-state index is 6.29. The minimum absolute atomic E-state index is 0.0691. The molecule has 0 N–H and O–H groups in total. The van der Waals surface area contributed by atoms with Crippen LogP contribution in [0.2, 0.25) is 5.15 Å². The summed E-state index contributed by atoms with van der Waals surface area (Å²) in [5.41, 5.74) is 2.89. The van der Waals surface area contributed by atoms with E-state index in [9.17, 15) is 0 Å². The number of hydrogen-bond acceptors (Lipinski definition) is 3. The lowest BCUT2D eigenvalue weighted by Gasteiger charge is -2.17. The molecule has 0 bridgehead atoms. The summed E-state index contributed by atoms with van der Waals surface area (Å²) in [6.07, 6.45) is 3.90. The van der Waals surface area contributed by atoms with Crippen LogP contribution < -0.4 is 0 Å². The topological polar surface area (TPSA) is 43.6 Å². The first-order valence-electron chi connectivity index (χ1n) is 7.00. The number of aromatic nitrogens is 4. The van der Waals surface area contributed by atoms with E-state index in [1.807, 2.05) is 17.9 Å². The summed E-state index contributed by atoms with van der Waals surface area (Å²) in [4.78, 5) is 9.19. The molecule has 0 aliphatic heterocycles. The predicted octanol–water partition coefficient (Wildman–Crippen LogP) is 4.39. The highest BCUT2D eigenvalue weighted by molar-refractivity contribution is 14.1. The first-order valence-corrected chi connectivity index (χ1v) is 8.46. The fourth-order valence-corrected chi connectivity index (χ4v) is 2.89. The third-order valence-corrected chi connectivity index (χ3v) is 4.87. The normalized spacial score (nSPS) is 12.0. The highest BCUT2D eigenvalue weighted by atomic mass is 127. The van der Waals surface area contributed by atoms with Crippen LogP contribution in [0, 0.1) is 3.57 Å². The molecule has 0 saturated carbocycles. The number of aryl methyl sites for hydroxylation is 2. The van der Waals surface area contributed by atoms with Crippen molar-refractivity contribution < 1.29 is 0 Å². The van der Waals surface area contributed by atoms with E-state index in [-0.39, 0.29) is 5.41 Å². The second-order valence-electron chi connectivity index (χ2n) is 6.16. The number of nitrogens with zero attached hydrogens (tertiary/aromatic N) is 4. The molecule has 2 heterocycles. The van der Waals surface area contributed by atoms with E-state index >= 15 is 0 Å². The average molecular weight is 419 g/mol. The monoisotopic (exact) mass is 418 g/mol. The van der Waals surface area contributed by atoms with Gasteiger partial charge in [0.05, 0.1) is 20.5 Å². The average Bonchev–Trinajstić information content (AvgIpc) is 2.77. The van der Waals surface area contributed by atoms with Gasteiger partial charge in [-0.1, -0.05) is 45.7 Å². The maximum Gasteiger partial charge on any atom is 0.164 e. The van der Waals surface area contributed by atoms with Crippen molar-refractivity contribution in [2.45, 2.75) is 46.0 Å². The summed E-state index contributed by atoms with van der Waals surface area (Å²) < 4.78 is 2.76. The minimum atomic E-state index is -0.0691. The van der Waals surface area contributed by atoms with Crippen LogP contribution in [-0.4, -0.2) is 19.7 Å². The van der Waals surface area contributed by atoms with Crippen LogP contribution in [0.25, 0.3) is 11.4 Å². The first-order chi connectivity index (χ1) is 9.74. The van der Waals surface area contributed by atoms with E-state index in [4.69, 9.17) is 16.6 Å². The molecule has 6 heteroatoms. The molecule has 2 aromatic heterocycles. The Morgan fingerprint density at radius 1 is 1.29 bits per heavy atom. The van der Waals surface area contributed by atoms with E-state index in [1.54, 1.807) is 0 Å². The second kappa shape index (κ2) is 6.20. The third-order valence-electron chi connectivity index (χ3n) is 3.15. The van der Waals surface area contributed by atoms with Gasteiger partial charge in [0.15, 0.2) is 5.82 Å². The maximum absolute atomic E-state index is 6.29. The van der Waals surface area contributed by atoms with Gasteiger partial charge in [-0.3, -0.25) is 4.68 Å². The fourth-order valence-electron chi connectivity index (χ4n) is 2.19. The molecule has 0 saturated heterocycles. The molecule has 0 fully saturated rings. The Bertz CT molecular complexity index is 658. The summed E-state index contributed by atoms with van der Waals surface area (Å²) in [5, 5.41) is 5.10. The van der Waals surface area contributed by atoms with E-state index in [1.165, 1.54) is 0 Å². The van der Waals surface area contributed by atoms with Gasteiger partial charge < -0.3 is 0 Å². The molecule has 0 amide bonds. The Balaban J connectivity index is 2.62. The van der Waals surface area contributed by atoms with Crippen LogP contribution in [0.1, 0.15) is 45.5 Å². The standard InChI is InChI=1S/C15H20ClIN4/c1-6-7-10-11(17)13(16)19-14(18-10)9-8-21(5)20-12(9)15(2,3)4/h8H,6-7H2,1-5H3. The molecule has 0 aliphatic carbocycles. The predicted molar refractivity (Wildman–Crippen MR) is 94.7 cm³/mol. The molecule has 0 aromatic carbocycles. The number of rotatable bonds is 3. The Labute approximate surface area is 144 Å². The van der Waals surface area contributed by atoms with Gasteiger partial charge in [0.25, 0.3) is 0 Å². The van der Waals surface area contributed by atoms with E-state index in [0.717, 1.165) is 33.4 Å². The molecular formula is C15H20ClIN4. The lowest BCUT2D eigenvalue weighted by molar-refractivity contribution is 0.554. The highest BCUT2D eigenvalue weighted by Gasteiger charge is 2.25. The quantitative estimate of drug-likeness (QED) is 0.549. The Morgan fingerprint density at radius 2 is 1.95 bits per heavy atom. The third kappa shape index (κ3) is 3.56. The van der Waals surface area contributed by atoms with Crippen molar-refractivity contribution >= 4 is 34.2 Å². The van der Waals surface area contributed by atoms with Crippen molar-refractivity contribution in [1.29, 1.82) is 0 Å². The van der Waals surface area contributed by atoms with Gasteiger partial charge in [0, 0.05) is 18.7 Å². The molecule has 0 atom stereocenters. The molecule has 21 heavy (non-hydrogen) atoms. The summed E-state index contributed by atoms with van der Waals surface area (Å²) in [6, 6.07) is 0. The zero-order valence-corrected chi connectivity index (χ0v) is 15.9. The Hall–Kier alpha value is -0.690. The molecule has 2 rings (SSSR count). The van der Waals surface area contributed by atoms with Crippen LogP contribution in [-0.2, 0) is 18.9 Å². The molecule has 0 radical (unpaired) electrons. The number of hydrogen-bond donors (Lipinski definition) is 0. The lowest BCUT2D eigenvalue weighted by Crippen LogP contribution is -2.14. The summed E-state index contributed by atoms with van der Waals surface area (Å²) in [5.74, 6) is 0.668. The van der Waals surface area contributed by atoms with Gasteiger partial charge in [-0.2, -0.15) is 5.10 Å². The molecule has 0 aliphatic rings. The summed E-state index contributed by atoms with van der Waals surface area (Å²) in [6.45, 7) is 8.55. The molecule has 0 unspecified atom stereocenters. The second-order valence-corrected chi connectivity index (χ2v) is 7.60. The van der Waals surface area contributed by atoms with Crippen LogP contribution in [0.5, 0.6) is 0 Å². The van der Waals surface area contributed by atoms with Crippen molar-refractivity contribution in [1.82, 2.24) is 19.7 Å². The molecule has 0 spiro atoms. The van der Waals surface area contributed by atoms with Gasteiger partial charge >= 0.3 is 0 Å².